The molecule has 0 amide bonds. The van der Waals surface area contributed by atoms with Crippen LogP contribution in [-0.2, 0) is 28.5 Å². The highest BCUT2D eigenvalue weighted by atomic mass is 16.7. The summed E-state index contributed by atoms with van der Waals surface area (Å²) in [5.74, 6) is -0.855. The van der Waals surface area contributed by atoms with Gasteiger partial charge in [-0.2, -0.15) is 0 Å². The second-order valence-corrected chi connectivity index (χ2v) is 14.0. The largest absolute Gasteiger partial charge is 0.462 e. The van der Waals surface area contributed by atoms with Gasteiger partial charge < -0.3 is 39.4 Å². The second kappa shape index (κ2) is 35.5. The van der Waals surface area contributed by atoms with Gasteiger partial charge in [0.25, 0.3) is 0 Å². The van der Waals surface area contributed by atoms with Crippen molar-refractivity contribution in [1.29, 1.82) is 0 Å². The van der Waals surface area contributed by atoms with Gasteiger partial charge in [-0.05, 0) is 77.0 Å². The Balaban J connectivity index is 2.39. The molecular weight excluding hydrogens is 700 g/mol. The molecule has 1 heterocycles. The third-order valence-corrected chi connectivity index (χ3v) is 9.09. The topological polar surface area (TPSA) is 152 Å². The number of unbranched alkanes of at least 4 members (excludes halogenated alkanes) is 10. The molecular formula is C45H74O10. The van der Waals surface area contributed by atoms with Gasteiger partial charge in [-0.1, -0.05) is 125 Å². The number of hydrogen-bond acceptors (Lipinski definition) is 10. The number of esters is 2. The zero-order valence-corrected chi connectivity index (χ0v) is 33.9. The maximum Gasteiger partial charge on any atom is 0.306 e. The Labute approximate surface area is 332 Å². The molecule has 1 saturated heterocycles. The zero-order valence-electron chi connectivity index (χ0n) is 33.9. The normalized spacial score (nSPS) is 21.3. The summed E-state index contributed by atoms with van der Waals surface area (Å²) in [6.45, 7) is 3.14. The van der Waals surface area contributed by atoms with Crippen LogP contribution in [0.4, 0.5) is 0 Å². The molecule has 10 nitrogen and oxygen atoms in total. The first-order chi connectivity index (χ1) is 26.8. The van der Waals surface area contributed by atoms with Crippen LogP contribution in [0.1, 0.15) is 142 Å². The first-order valence-electron chi connectivity index (χ1n) is 21.0. The first kappa shape index (κ1) is 50.2. The van der Waals surface area contributed by atoms with Crippen molar-refractivity contribution in [3.05, 3.63) is 72.9 Å². The fourth-order valence-corrected chi connectivity index (χ4v) is 5.80. The van der Waals surface area contributed by atoms with E-state index in [-0.39, 0.29) is 26.1 Å². The van der Waals surface area contributed by atoms with Gasteiger partial charge in [0.2, 0.25) is 0 Å². The molecule has 0 aromatic rings. The minimum absolute atomic E-state index is 0.202. The molecule has 0 aliphatic carbocycles. The number of carbonyl (C=O) groups excluding carboxylic acids is 2. The van der Waals surface area contributed by atoms with E-state index in [9.17, 15) is 30.0 Å². The number of aliphatic hydroxyl groups excluding tert-OH is 4. The lowest BCUT2D eigenvalue weighted by Gasteiger charge is -2.39. The summed E-state index contributed by atoms with van der Waals surface area (Å²) in [6, 6.07) is 0. The smallest absolute Gasteiger partial charge is 0.306 e. The van der Waals surface area contributed by atoms with Gasteiger partial charge in [0.15, 0.2) is 12.4 Å². The summed E-state index contributed by atoms with van der Waals surface area (Å²) >= 11 is 0. The van der Waals surface area contributed by atoms with Crippen LogP contribution >= 0.6 is 0 Å². The predicted molar refractivity (Wildman–Crippen MR) is 219 cm³/mol. The van der Waals surface area contributed by atoms with Crippen LogP contribution in [0.2, 0.25) is 0 Å². The summed E-state index contributed by atoms with van der Waals surface area (Å²) < 4.78 is 22.1. The lowest BCUT2D eigenvalue weighted by atomic mass is 9.99. The van der Waals surface area contributed by atoms with Gasteiger partial charge in [0, 0.05) is 12.8 Å². The van der Waals surface area contributed by atoms with Gasteiger partial charge in [0.05, 0.1) is 13.2 Å². The molecule has 1 rings (SSSR count). The second-order valence-electron chi connectivity index (χ2n) is 14.0. The summed E-state index contributed by atoms with van der Waals surface area (Å²) in [4.78, 5) is 25.3. The third kappa shape index (κ3) is 27.4. The van der Waals surface area contributed by atoms with Gasteiger partial charge >= 0.3 is 11.9 Å². The molecule has 0 bridgehead atoms. The molecule has 1 aliphatic heterocycles. The van der Waals surface area contributed by atoms with Gasteiger partial charge in [-0.3, -0.25) is 9.59 Å². The number of allylic oxidation sites excluding steroid dienone is 12. The Morgan fingerprint density at radius 2 is 1.02 bits per heavy atom. The fourth-order valence-electron chi connectivity index (χ4n) is 5.80. The van der Waals surface area contributed by atoms with Crippen LogP contribution in [0.5, 0.6) is 0 Å². The van der Waals surface area contributed by atoms with Gasteiger partial charge in [-0.15, -0.1) is 0 Å². The summed E-state index contributed by atoms with van der Waals surface area (Å²) in [5, 5.41) is 40.0. The standard InChI is InChI=1S/C45H74O10/c1-3-5-7-9-11-13-15-17-19-21-23-25-27-29-31-33-40(47)52-36-38(37-53-45-44(51)43(50)42(49)39(35-46)55-45)54-41(48)34-32-30-28-26-24-22-20-18-16-14-12-10-8-6-4-2/h5-8,11-14,17-20,38-39,42-46,49-51H,3-4,9-10,15-16,21-37H2,1-2H3/b7-5-,8-6-,13-11-,14-12-,19-17-,20-18-/t38-,39-,42+,43?,44?,45-/m1/s1. The Bertz CT molecular complexity index is 1120. The van der Waals surface area contributed by atoms with E-state index in [1.807, 2.05) is 0 Å². The Morgan fingerprint density at radius 3 is 1.53 bits per heavy atom. The van der Waals surface area contributed by atoms with Crippen LogP contribution in [-0.4, -0.2) is 89.0 Å². The highest BCUT2D eigenvalue weighted by Crippen LogP contribution is 2.22. The third-order valence-electron chi connectivity index (χ3n) is 9.09. The maximum atomic E-state index is 12.7. The van der Waals surface area contributed by atoms with E-state index in [4.69, 9.17) is 18.9 Å². The average Bonchev–Trinajstić information content (AvgIpc) is 3.18. The molecule has 1 fully saturated rings. The maximum absolute atomic E-state index is 12.7. The van der Waals surface area contributed by atoms with Crippen molar-refractivity contribution in [3.63, 3.8) is 0 Å². The van der Waals surface area contributed by atoms with Crippen molar-refractivity contribution >= 4 is 11.9 Å². The van der Waals surface area contributed by atoms with E-state index in [0.717, 1.165) is 103 Å². The molecule has 10 heteroatoms. The SMILES string of the molecule is CC/C=C\C/C=C\C/C=C\CCCCCCCC(=O)OC[C@H](CO[C@@H]1O[C@H](CO)[C@H](O)C(O)C1O)OC(=O)CCCCCCC/C=C\C/C=C\C/C=C\CC. The van der Waals surface area contributed by atoms with Crippen LogP contribution in [0.15, 0.2) is 72.9 Å². The quantitative estimate of drug-likeness (QED) is 0.0291. The molecule has 2 unspecified atom stereocenters. The molecule has 4 N–H and O–H groups in total. The van der Waals surface area contributed by atoms with Crippen molar-refractivity contribution in [2.45, 2.75) is 179 Å². The molecule has 0 saturated carbocycles. The summed E-state index contributed by atoms with van der Waals surface area (Å²) in [7, 11) is 0. The number of rotatable bonds is 33. The Morgan fingerprint density at radius 1 is 0.564 bits per heavy atom. The highest BCUT2D eigenvalue weighted by Gasteiger charge is 2.44. The van der Waals surface area contributed by atoms with Crippen molar-refractivity contribution in [2.24, 2.45) is 0 Å². The molecule has 0 spiro atoms. The first-order valence-corrected chi connectivity index (χ1v) is 21.0. The van der Waals surface area contributed by atoms with E-state index >= 15 is 0 Å². The van der Waals surface area contributed by atoms with E-state index < -0.39 is 55.4 Å². The Kier molecular flexibility index (Phi) is 32.4. The van der Waals surface area contributed by atoms with E-state index in [1.54, 1.807) is 0 Å². The van der Waals surface area contributed by atoms with Crippen molar-refractivity contribution < 1.29 is 49.0 Å². The fraction of sp³-hybridized carbons (Fsp3) is 0.689. The number of hydrogen-bond donors (Lipinski definition) is 4. The number of aliphatic hydroxyl groups is 4. The summed E-state index contributed by atoms with van der Waals surface area (Å²) in [5.41, 5.74) is 0. The molecule has 6 atom stereocenters. The van der Waals surface area contributed by atoms with Crippen LogP contribution in [0, 0.1) is 0 Å². The van der Waals surface area contributed by atoms with E-state index in [0.29, 0.717) is 12.8 Å². The zero-order chi connectivity index (χ0) is 40.2. The molecule has 1 aliphatic rings. The molecule has 0 radical (unpaired) electrons. The van der Waals surface area contributed by atoms with Crippen LogP contribution in [0.3, 0.4) is 0 Å². The van der Waals surface area contributed by atoms with E-state index in [1.165, 1.54) is 0 Å². The summed E-state index contributed by atoms with van der Waals surface area (Å²) in [6.07, 6.45) is 36.2. The molecule has 0 aromatic heterocycles. The van der Waals surface area contributed by atoms with Crippen molar-refractivity contribution in [2.75, 3.05) is 19.8 Å². The molecule has 55 heavy (non-hydrogen) atoms. The lowest BCUT2D eigenvalue weighted by molar-refractivity contribution is -0.305. The monoisotopic (exact) mass is 775 g/mol. The Hall–Kier alpha value is -2.86. The van der Waals surface area contributed by atoms with Crippen LogP contribution < -0.4 is 0 Å². The van der Waals surface area contributed by atoms with Crippen molar-refractivity contribution in [3.8, 4) is 0 Å². The number of carbonyl (C=O) groups is 2. The minimum atomic E-state index is -1.60. The van der Waals surface area contributed by atoms with Crippen molar-refractivity contribution in [1.82, 2.24) is 0 Å². The lowest BCUT2D eigenvalue weighted by Crippen LogP contribution is -2.59. The highest BCUT2D eigenvalue weighted by molar-refractivity contribution is 5.70. The van der Waals surface area contributed by atoms with E-state index in [2.05, 4.69) is 86.8 Å². The predicted octanol–water partition coefficient (Wildman–Crippen LogP) is 8.44. The number of ether oxygens (including phenoxy) is 4. The van der Waals surface area contributed by atoms with Crippen LogP contribution in [0.25, 0.3) is 0 Å². The van der Waals surface area contributed by atoms with Gasteiger partial charge in [-0.25, -0.2) is 0 Å². The van der Waals surface area contributed by atoms with Gasteiger partial charge in [0.1, 0.15) is 31.0 Å². The minimum Gasteiger partial charge on any atom is -0.462 e. The molecule has 314 valence electrons. The average molecular weight is 775 g/mol. The molecule has 0 aromatic carbocycles.